The number of hydrogen-bond acceptors (Lipinski definition) is 2. The molecule has 0 bridgehead atoms. The highest BCUT2D eigenvalue weighted by atomic mass is 35.5. The highest BCUT2D eigenvalue weighted by molar-refractivity contribution is 6.42. The average Bonchev–Trinajstić information content (AvgIpc) is 2.31. The first-order valence-corrected chi connectivity index (χ1v) is 5.98. The zero-order valence-corrected chi connectivity index (χ0v) is 11.2. The molecule has 18 heavy (non-hydrogen) atoms. The SMILES string of the molecule is Nc1cc(F)c(Cl)cc1Oc1ccc(Cl)c(Cl)c1. The van der Waals surface area contributed by atoms with Crippen molar-refractivity contribution in [2.75, 3.05) is 5.73 Å². The fraction of sp³-hybridized carbons (Fsp3) is 0. The highest BCUT2D eigenvalue weighted by Crippen LogP contribution is 2.34. The molecule has 6 heteroatoms. The Morgan fingerprint density at radius 2 is 1.67 bits per heavy atom. The van der Waals surface area contributed by atoms with E-state index in [2.05, 4.69) is 0 Å². The van der Waals surface area contributed by atoms with E-state index in [9.17, 15) is 4.39 Å². The monoisotopic (exact) mass is 305 g/mol. The molecule has 0 atom stereocenters. The Hall–Kier alpha value is -1.16. The molecule has 2 rings (SSSR count). The van der Waals surface area contributed by atoms with Crippen LogP contribution in [-0.2, 0) is 0 Å². The molecule has 0 aliphatic rings. The summed E-state index contributed by atoms with van der Waals surface area (Å²) < 4.78 is 18.6. The summed E-state index contributed by atoms with van der Waals surface area (Å²) in [6.07, 6.45) is 0. The largest absolute Gasteiger partial charge is 0.455 e. The van der Waals surface area contributed by atoms with E-state index in [1.807, 2.05) is 0 Å². The Kier molecular flexibility index (Phi) is 3.85. The maximum absolute atomic E-state index is 13.1. The van der Waals surface area contributed by atoms with E-state index < -0.39 is 5.82 Å². The topological polar surface area (TPSA) is 35.2 Å². The molecule has 0 aromatic heterocycles. The Labute approximate surface area is 118 Å². The van der Waals surface area contributed by atoms with Crippen LogP contribution in [0.1, 0.15) is 0 Å². The number of hydrogen-bond donors (Lipinski definition) is 1. The minimum absolute atomic E-state index is 0.0701. The van der Waals surface area contributed by atoms with Crippen LogP contribution in [0.5, 0.6) is 11.5 Å². The summed E-state index contributed by atoms with van der Waals surface area (Å²) in [6, 6.07) is 7.12. The second kappa shape index (κ2) is 5.22. The first kappa shape index (κ1) is 13.3. The Morgan fingerprint density at radius 1 is 0.944 bits per heavy atom. The van der Waals surface area contributed by atoms with Gasteiger partial charge in [-0.05, 0) is 12.1 Å². The standard InChI is InChI=1S/C12H7Cl3FNO/c13-7-2-1-6(3-8(7)14)18-12-4-9(15)10(16)5-11(12)17/h1-5H,17H2. The van der Waals surface area contributed by atoms with Crippen LogP contribution < -0.4 is 10.5 Å². The van der Waals surface area contributed by atoms with Crippen molar-refractivity contribution in [2.45, 2.75) is 0 Å². The van der Waals surface area contributed by atoms with Gasteiger partial charge in [0.1, 0.15) is 11.6 Å². The number of benzene rings is 2. The molecule has 0 saturated carbocycles. The van der Waals surface area contributed by atoms with Gasteiger partial charge in [0.05, 0.1) is 20.8 Å². The van der Waals surface area contributed by atoms with Gasteiger partial charge in [-0.1, -0.05) is 34.8 Å². The Balaban J connectivity index is 2.34. The van der Waals surface area contributed by atoms with Gasteiger partial charge in [0.15, 0.2) is 5.75 Å². The number of nitrogens with two attached hydrogens (primary N) is 1. The van der Waals surface area contributed by atoms with Gasteiger partial charge in [0.25, 0.3) is 0 Å². The predicted molar refractivity (Wildman–Crippen MR) is 72.4 cm³/mol. The summed E-state index contributed by atoms with van der Waals surface area (Å²) in [6.45, 7) is 0. The van der Waals surface area contributed by atoms with Gasteiger partial charge in [-0.15, -0.1) is 0 Å². The molecule has 0 spiro atoms. The fourth-order valence-electron chi connectivity index (χ4n) is 1.30. The summed E-state index contributed by atoms with van der Waals surface area (Å²) in [4.78, 5) is 0. The van der Waals surface area contributed by atoms with Crippen LogP contribution >= 0.6 is 34.8 Å². The molecular weight excluding hydrogens is 299 g/mol. The summed E-state index contributed by atoms with van der Waals surface area (Å²) >= 11 is 17.3. The normalized spacial score (nSPS) is 10.4. The van der Waals surface area contributed by atoms with Gasteiger partial charge in [0, 0.05) is 18.2 Å². The van der Waals surface area contributed by atoms with Crippen LogP contribution in [0.15, 0.2) is 30.3 Å². The van der Waals surface area contributed by atoms with Crippen LogP contribution in [0.3, 0.4) is 0 Å². The molecule has 2 nitrogen and oxygen atoms in total. The molecule has 0 aliphatic heterocycles. The first-order chi connectivity index (χ1) is 8.47. The Bertz CT molecular complexity index is 604. The van der Waals surface area contributed by atoms with Crippen molar-refractivity contribution in [3.05, 3.63) is 51.2 Å². The van der Waals surface area contributed by atoms with Crippen LogP contribution in [0.4, 0.5) is 10.1 Å². The minimum atomic E-state index is -0.601. The van der Waals surface area contributed by atoms with Gasteiger partial charge in [-0.2, -0.15) is 0 Å². The number of ether oxygens (including phenoxy) is 1. The summed E-state index contributed by atoms with van der Waals surface area (Å²) in [5, 5.41) is 0.689. The highest BCUT2D eigenvalue weighted by Gasteiger charge is 2.09. The van der Waals surface area contributed by atoms with E-state index in [1.165, 1.54) is 12.1 Å². The van der Waals surface area contributed by atoms with E-state index in [1.54, 1.807) is 12.1 Å². The Morgan fingerprint density at radius 3 is 2.33 bits per heavy atom. The van der Waals surface area contributed by atoms with Crippen molar-refractivity contribution >= 4 is 40.5 Å². The van der Waals surface area contributed by atoms with E-state index in [0.717, 1.165) is 6.07 Å². The third-order valence-corrected chi connectivity index (χ3v) is 3.20. The third-order valence-electron chi connectivity index (χ3n) is 2.17. The summed E-state index contributed by atoms with van der Waals surface area (Å²) in [7, 11) is 0. The zero-order chi connectivity index (χ0) is 13.3. The predicted octanol–water partition coefficient (Wildman–Crippen LogP) is 5.16. The molecule has 2 aromatic carbocycles. The number of anilines is 1. The lowest BCUT2D eigenvalue weighted by molar-refractivity contribution is 0.483. The molecular formula is C12H7Cl3FNO. The lowest BCUT2D eigenvalue weighted by atomic mass is 10.3. The second-order valence-electron chi connectivity index (χ2n) is 3.48. The van der Waals surface area contributed by atoms with E-state index in [-0.39, 0.29) is 16.5 Å². The van der Waals surface area contributed by atoms with E-state index >= 15 is 0 Å². The summed E-state index contributed by atoms with van der Waals surface area (Å²) in [5.41, 5.74) is 5.77. The van der Waals surface area contributed by atoms with Crippen LogP contribution in [-0.4, -0.2) is 0 Å². The van der Waals surface area contributed by atoms with E-state index in [0.29, 0.717) is 15.8 Å². The van der Waals surface area contributed by atoms with Crippen molar-refractivity contribution in [2.24, 2.45) is 0 Å². The lowest BCUT2D eigenvalue weighted by Gasteiger charge is -2.10. The molecule has 0 heterocycles. The molecule has 2 N–H and O–H groups in total. The lowest BCUT2D eigenvalue weighted by Crippen LogP contribution is -1.94. The maximum Gasteiger partial charge on any atom is 0.151 e. The van der Waals surface area contributed by atoms with Crippen LogP contribution in [0.25, 0.3) is 0 Å². The van der Waals surface area contributed by atoms with Crippen LogP contribution in [0.2, 0.25) is 15.1 Å². The molecule has 94 valence electrons. The molecule has 0 aliphatic carbocycles. The fourth-order valence-corrected chi connectivity index (χ4v) is 1.74. The summed E-state index contributed by atoms with van der Waals surface area (Å²) in [5.74, 6) is 0.0780. The van der Waals surface area contributed by atoms with Gasteiger partial charge in [-0.25, -0.2) is 4.39 Å². The first-order valence-electron chi connectivity index (χ1n) is 4.85. The van der Waals surface area contributed by atoms with Crippen LogP contribution in [0, 0.1) is 5.82 Å². The number of halogens is 4. The number of nitrogen functional groups attached to an aromatic ring is 1. The van der Waals surface area contributed by atoms with Gasteiger partial charge in [0.2, 0.25) is 0 Å². The van der Waals surface area contributed by atoms with Gasteiger partial charge in [-0.3, -0.25) is 0 Å². The number of rotatable bonds is 2. The molecule has 0 unspecified atom stereocenters. The zero-order valence-electron chi connectivity index (χ0n) is 8.88. The van der Waals surface area contributed by atoms with Crippen molar-refractivity contribution in [3.63, 3.8) is 0 Å². The van der Waals surface area contributed by atoms with Crippen molar-refractivity contribution in [3.8, 4) is 11.5 Å². The molecule has 0 fully saturated rings. The molecule has 0 saturated heterocycles. The maximum atomic E-state index is 13.1. The minimum Gasteiger partial charge on any atom is -0.455 e. The quantitative estimate of drug-likeness (QED) is 0.778. The van der Waals surface area contributed by atoms with Crippen molar-refractivity contribution < 1.29 is 9.13 Å². The van der Waals surface area contributed by atoms with Crippen molar-refractivity contribution in [1.82, 2.24) is 0 Å². The molecule has 0 amide bonds. The average molecular weight is 307 g/mol. The van der Waals surface area contributed by atoms with Crippen molar-refractivity contribution in [1.29, 1.82) is 0 Å². The van der Waals surface area contributed by atoms with E-state index in [4.69, 9.17) is 45.3 Å². The second-order valence-corrected chi connectivity index (χ2v) is 4.70. The third kappa shape index (κ3) is 2.80. The van der Waals surface area contributed by atoms with Gasteiger partial charge < -0.3 is 10.5 Å². The molecule has 0 radical (unpaired) electrons. The smallest absolute Gasteiger partial charge is 0.151 e. The molecule has 2 aromatic rings. The van der Waals surface area contributed by atoms with Gasteiger partial charge >= 0.3 is 0 Å².